The molecular formula is C21H22N6O. The van der Waals surface area contributed by atoms with E-state index in [0.717, 1.165) is 54.6 Å². The highest BCUT2D eigenvalue weighted by Gasteiger charge is 2.20. The number of hydrogen-bond donors (Lipinski definition) is 3. The molecule has 1 amide bonds. The van der Waals surface area contributed by atoms with Gasteiger partial charge in [-0.2, -0.15) is 0 Å². The molecule has 0 aromatic carbocycles. The SMILES string of the molecule is NC(=O)c1cc(-c2ccnc(C=Cc3ccccn3)c2)[nH]c1N1CCNCC1. The van der Waals surface area contributed by atoms with Crippen LogP contribution in [0, 0.1) is 0 Å². The van der Waals surface area contributed by atoms with E-state index < -0.39 is 5.91 Å². The molecule has 7 nitrogen and oxygen atoms in total. The topological polar surface area (TPSA) is 99.9 Å². The number of rotatable bonds is 5. The Hall–Kier alpha value is -3.45. The summed E-state index contributed by atoms with van der Waals surface area (Å²) in [7, 11) is 0. The second kappa shape index (κ2) is 8.06. The number of piperazine rings is 1. The summed E-state index contributed by atoms with van der Waals surface area (Å²) in [5.41, 5.74) is 9.60. The van der Waals surface area contributed by atoms with E-state index in [2.05, 4.69) is 25.2 Å². The molecule has 0 radical (unpaired) electrons. The van der Waals surface area contributed by atoms with Crippen LogP contribution in [0.4, 0.5) is 5.82 Å². The van der Waals surface area contributed by atoms with Crippen molar-refractivity contribution in [3.63, 3.8) is 0 Å². The minimum absolute atomic E-state index is 0.430. The fourth-order valence-electron chi connectivity index (χ4n) is 3.28. The zero-order chi connectivity index (χ0) is 19.3. The minimum atomic E-state index is -0.430. The van der Waals surface area contributed by atoms with Crippen LogP contribution in [0.25, 0.3) is 23.4 Å². The van der Waals surface area contributed by atoms with Gasteiger partial charge in [0.05, 0.1) is 17.0 Å². The number of pyridine rings is 2. The first kappa shape index (κ1) is 17.9. The number of nitrogens with zero attached hydrogens (tertiary/aromatic N) is 3. The number of carbonyl (C=O) groups excluding carboxylic acids is 1. The molecule has 0 atom stereocenters. The van der Waals surface area contributed by atoms with Crippen molar-refractivity contribution in [2.45, 2.75) is 0 Å². The van der Waals surface area contributed by atoms with Crippen molar-refractivity contribution < 1.29 is 4.79 Å². The van der Waals surface area contributed by atoms with Gasteiger partial charge < -0.3 is 20.9 Å². The summed E-state index contributed by atoms with van der Waals surface area (Å²) in [5, 5.41) is 3.31. The first-order chi connectivity index (χ1) is 13.7. The van der Waals surface area contributed by atoms with Crippen LogP contribution in [0.3, 0.4) is 0 Å². The quantitative estimate of drug-likeness (QED) is 0.635. The second-order valence-corrected chi connectivity index (χ2v) is 6.60. The van der Waals surface area contributed by atoms with Crippen LogP contribution < -0.4 is 16.0 Å². The number of anilines is 1. The van der Waals surface area contributed by atoms with E-state index in [9.17, 15) is 4.79 Å². The van der Waals surface area contributed by atoms with E-state index in [1.807, 2.05) is 48.6 Å². The standard InChI is InChI=1S/C21H22N6O/c22-20(28)18-14-19(26-21(18)27-11-9-23-10-12-27)15-6-8-25-17(13-15)5-4-16-3-1-2-7-24-16/h1-8,13-14,23,26H,9-12H2,(H2,22,28). The number of H-pyrrole nitrogens is 1. The molecule has 3 aromatic rings. The lowest BCUT2D eigenvalue weighted by Crippen LogP contribution is -2.44. The minimum Gasteiger partial charge on any atom is -0.365 e. The summed E-state index contributed by atoms with van der Waals surface area (Å²) in [6.07, 6.45) is 7.34. The molecule has 28 heavy (non-hydrogen) atoms. The van der Waals surface area contributed by atoms with Gasteiger partial charge in [-0.1, -0.05) is 6.07 Å². The summed E-state index contributed by atoms with van der Waals surface area (Å²) in [4.78, 5) is 26.2. The van der Waals surface area contributed by atoms with E-state index in [4.69, 9.17) is 5.73 Å². The van der Waals surface area contributed by atoms with E-state index in [-0.39, 0.29) is 0 Å². The van der Waals surface area contributed by atoms with Crippen LogP contribution in [0.2, 0.25) is 0 Å². The zero-order valence-corrected chi connectivity index (χ0v) is 15.4. The lowest BCUT2D eigenvalue weighted by Gasteiger charge is -2.28. The number of primary amides is 1. The van der Waals surface area contributed by atoms with Gasteiger partial charge in [0.25, 0.3) is 5.91 Å². The van der Waals surface area contributed by atoms with Crippen molar-refractivity contribution in [3.05, 3.63) is 65.7 Å². The summed E-state index contributed by atoms with van der Waals surface area (Å²) < 4.78 is 0. The smallest absolute Gasteiger partial charge is 0.252 e. The van der Waals surface area contributed by atoms with Crippen molar-refractivity contribution >= 4 is 23.9 Å². The Balaban J connectivity index is 1.64. The Kier molecular flexibility index (Phi) is 5.16. The summed E-state index contributed by atoms with van der Waals surface area (Å²) >= 11 is 0. The van der Waals surface area contributed by atoms with Crippen molar-refractivity contribution in [3.8, 4) is 11.3 Å². The third kappa shape index (κ3) is 3.94. The highest BCUT2D eigenvalue weighted by molar-refractivity contribution is 5.99. The van der Waals surface area contributed by atoms with Crippen molar-refractivity contribution in [1.82, 2.24) is 20.3 Å². The van der Waals surface area contributed by atoms with Gasteiger partial charge in [0.2, 0.25) is 0 Å². The average Bonchev–Trinajstić information content (AvgIpc) is 3.20. The number of hydrogen-bond acceptors (Lipinski definition) is 5. The molecule has 1 aliphatic rings. The maximum Gasteiger partial charge on any atom is 0.252 e. The van der Waals surface area contributed by atoms with Crippen LogP contribution in [0.15, 0.2) is 48.8 Å². The maximum atomic E-state index is 12.0. The van der Waals surface area contributed by atoms with E-state index >= 15 is 0 Å². The Morgan fingerprint density at radius 3 is 2.57 bits per heavy atom. The molecular weight excluding hydrogens is 352 g/mol. The van der Waals surface area contributed by atoms with Crippen molar-refractivity contribution in [2.75, 3.05) is 31.1 Å². The van der Waals surface area contributed by atoms with Gasteiger partial charge in [0, 0.05) is 49.8 Å². The Morgan fingerprint density at radius 1 is 1.04 bits per heavy atom. The van der Waals surface area contributed by atoms with E-state index in [1.54, 1.807) is 12.4 Å². The Morgan fingerprint density at radius 2 is 1.82 bits per heavy atom. The van der Waals surface area contributed by atoms with Crippen molar-refractivity contribution in [1.29, 1.82) is 0 Å². The summed E-state index contributed by atoms with van der Waals surface area (Å²) in [6, 6.07) is 11.5. The van der Waals surface area contributed by atoms with Crippen LogP contribution in [-0.4, -0.2) is 47.0 Å². The van der Waals surface area contributed by atoms with Gasteiger partial charge in [0.15, 0.2) is 0 Å². The number of carbonyl (C=O) groups is 1. The van der Waals surface area contributed by atoms with Crippen LogP contribution in [-0.2, 0) is 0 Å². The summed E-state index contributed by atoms with van der Waals surface area (Å²) in [6.45, 7) is 3.41. The third-order valence-electron chi connectivity index (χ3n) is 4.70. The fraction of sp³-hybridized carbons (Fsp3) is 0.190. The highest BCUT2D eigenvalue weighted by atomic mass is 16.1. The molecule has 7 heteroatoms. The predicted octanol–water partition coefficient (Wildman–Crippen LogP) is 2.15. The van der Waals surface area contributed by atoms with Crippen LogP contribution >= 0.6 is 0 Å². The van der Waals surface area contributed by atoms with E-state index in [0.29, 0.717) is 5.56 Å². The lowest BCUT2D eigenvalue weighted by atomic mass is 10.1. The maximum absolute atomic E-state index is 12.0. The Bertz CT molecular complexity index is 989. The molecule has 4 rings (SSSR count). The molecule has 3 aromatic heterocycles. The first-order valence-corrected chi connectivity index (χ1v) is 9.25. The van der Waals surface area contributed by atoms with Gasteiger partial charge in [-0.3, -0.25) is 14.8 Å². The Labute approximate surface area is 163 Å². The number of nitrogens with two attached hydrogens (primary N) is 1. The molecule has 0 spiro atoms. The number of nitrogens with one attached hydrogen (secondary N) is 2. The molecule has 1 saturated heterocycles. The monoisotopic (exact) mass is 374 g/mol. The fourth-order valence-corrected chi connectivity index (χ4v) is 3.28. The molecule has 142 valence electrons. The van der Waals surface area contributed by atoms with Gasteiger partial charge in [0.1, 0.15) is 5.82 Å². The van der Waals surface area contributed by atoms with Crippen molar-refractivity contribution in [2.24, 2.45) is 5.73 Å². The molecule has 0 aliphatic carbocycles. The number of amides is 1. The number of aromatic nitrogens is 3. The predicted molar refractivity (Wildman–Crippen MR) is 111 cm³/mol. The second-order valence-electron chi connectivity index (χ2n) is 6.60. The first-order valence-electron chi connectivity index (χ1n) is 9.25. The molecule has 1 aliphatic heterocycles. The molecule has 0 saturated carbocycles. The molecule has 4 heterocycles. The van der Waals surface area contributed by atoms with Gasteiger partial charge in [-0.15, -0.1) is 0 Å². The van der Waals surface area contributed by atoms with E-state index in [1.165, 1.54) is 0 Å². The molecule has 0 bridgehead atoms. The van der Waals surface area contributed by atoms with Gasteiger partial charge in [-0.25, -0.2) is 0 Å². The van der Waals surface area contributed by atoms with Gasteiger partial charge in [-0.05, 0) is 42.5 Å². The van der Waals surface area contributed by atoms with Crippen LogP contribution in [0.5, 0.6) is 0 Å². The third-order valence-corrected chi connectivity index (χ3v) is 4.70. The van der Waals surface area contributed by atoms with Crippen LogP contribution in [0.1, 0.15) is 21.7 Å². The normalized spacial score (nSPS) is 14.5. The lowest BCUT2D eigenvalue weighted by molar-refractivity contribution is 0.100. The highest BCUT2D eigenvalue weighted by Crippen LogP contribution is 2.28. The molecule has 0 unspecified atom stereocenters. The zero-order valence-electron chi connectivity index (χ0n) is 15.4. The summed E-state index contributed by atoms with van der Waals surface area (Å²) in [5.74, 6) is 0.353. The van der Waals surface area contributed by atoms with Gasteiger partial charge >= 0.3 is 0 Å². The largest absolute Gasteiger partial charge is 0.365 e. The molecule has 1 fully saturated rings. The molecule has 4 N–H and O–H groups in total. The number of aromatic amines is 1. The average molecular weight is 374 g/mol.